The molecule has 100 valence electrons. The number of aryl methyl sites for hydroxylation is 1. The van der Waals surface area contributed by atoms with Crippen molar-refractivity contribution in [3.05, 3.63) is 29.8 Å². The molecule has 1 aromatic rings. The van der Waals surface area contributed by atoms with Crippen molar-refractivity contribution >= 4 is 15.9 Å². The van der Waals surface area contributed by atoms with Crippen LogP contribution in [0.4, 0.5) is 0 Å². The minimum absolute atomic E-state index is 0.0130. The van der Waals surface area contributed by atoms with E-state index in [0.29, 0.717) is 0 Å². The van der Waals surface area contributed by atoms with Gasteiger partial charge in [-0.2, -0.15) is 0 Å². The largest absolute Gasteiger partial charge is 0.387 e. The average molecular weight is 269 g/mol. The molecule has 1 aromatic carbocycles. The SMILES string of the molecule is Cc1ccc(S(=O)(=O)N(C)CC(C)C(=N)N)cc1. The Hall–Kier alpha value is -1.40. The van der Waals surface area contributed by atoms with Crippen molar-refractivity contribution in [2.24, 2.45) is 11.7 Å². The molecule has 1 atom stereocenters. The minimum Gasteiger partial charge on any atom is -0.387 e. The van der Waals surface area contributed by atoms with Crippen LogP contribution >= 0.6 is 0 Å². The van der Waals surface area contributed by atoms with Gasteiger partial charge in [-0.1, -0.05) is 24.6 Å². The van der Waals surface area contributed by atoms with Gasteiger partial charge < -0.3 is 5.73 Å². The zero-order chi connectivity index (χ0) is 13.9. The molecule has 0 aliphatic heterocycles. The Labute approximate surface area is 108 Å². The van der Waals surface area contributed by atoms with Crippen molar-refractivity contribution < 1.29 is 8.42 Å². The molecule has 0 aliphatic rings. The summed E-state index contributed by atoms with van der Waals surface area (Å²) >= 11 is 0. The molecule has 0 aromatic heterocycles. The van der Waals surface area contributed by atoms with Gasteiger partial charge in [0.2, 0.25) is 10.0 Å². The highest BCUT2D eigenvalue weighted by molar-refractivity contribution is 7.89. The predicted octanol–water partition coefficient (Wildman–Crippen LogP) is 1.19. The maximum atomic E-state index is 12.2. The molecule has 1 rings (SSSR count). The average Bonchev–Trinajstić information content (AvgIpc) is 2.29. The van der Waals surface area contributed by atoms with Crippen molar-refractivity contribution in [1.29, 1.82) is 5.41 Å². The maximum Gasteiger partial charge on any atom is 0.242 e. The predicted molar refractivity (Wildman–Crippen MR) is 72.1 cm³/mol. The molecule has 0 saturated carbocycles. The molecule has 18 heavy (non-hydrogen) atoms. The summed E-state index contributed by atoms with van der Waals surface area (Å²) in [5.74, 6) is -0.309. The molecule has 0 fully saturated rings. The zero-order valence-corrected chi connectivity index (χ0v) is 11.7. The number of hydrogen-bond acceptors (Lipinski definition) is 3. The second-order valence-electron chi connectivity index (χ2n) is 4.45. The number of nitrogens with two attached hydrogens (primary N) is 1. The summed E-state index contributed by atoms with van der Waals surface area (Å²) in [5.41, 5.74) is 6.36. The molecule has 6 heteroatoms. The molecular formula is C12H19N3O2S. The lowest BCUT2D eigenvalue weighted by molar-refractivity contribution is 0.443. The van der Waals surface area contributed by atoms with Crippen molar-refractivity contribution in [2.45, 2.75) is 18.7 Å². The maximum absolute atomic E-state index is 12.2. The highest BCUT2D eigenvalue weighted by Gasteiger charge is 2.22. The summed E-state index contributed by atoms with van der Waals surface area (Å²) in [6.45, 7) is 3.83. The highest BCUT2D eigenvalue weighted by atomic mass is 32.2. The molecular weight excluding hydrogens is 250 g/mol. The van der Waals surface area contributed by atoms with Crippen LogP contribution in [0.5, 0.6) is 0 Å². The normalized spacial score (nSPS) is 13.6. The van der Waals surface area contributed by atoms with Crippen LogP contribution in [0.1, 0.15) is 12.5 Å². The van der Waals surface area contributed by atoms with Gasteiger partial charge in [0, 0.05) is 19.5 Å². The Bertz CT molecular complexity index is 523. The first-order chi connectivity index (χ1) is 8.25. The van der Waals surface area contributed by atoms with E-state index in [1.807, 2.05) is 6.92 Å². The van der Waals surface area contributed by atoms with Crippen LogP contribution in [0.2, 0.25) is 0 Å². The van der Waals surface area contributed by atoms with E-state index < -0.39 is 10.0 Å². The molecule has 0 aliphatic carbocycles. The third-order valence-electron chi connectivity index (χ3n) is 2.79. The lowest BCUT2D eigenvalue weighted by Crippen LogP contribution is -2.35. The number of hydrogen-bond donors (Lipinski definition) is 2. The van der Waals surface area contributed by atoms with Gasteiger partial charge in [-0.3, -0.25) is 5.41 Å². The molecule has 0 radical (unpaired) electrons. The quantitative estimate of drug-likeness (QED) is 0.621. The Morgan fingerprint density at radius 1 is 1.39 bits per heavy atom. The van der Waals surface area contributed by atoms with Crippen molar-refractivity contribution in [2.75, 3.05) is 13.6 Å². The second-order valence-corrected chi connectivity index (χ2v) is 6.50. The van der Waals surface area contributed by atoms with Gasteiger partial charge in [0.05, 0.1) is 10.7 Å². The molecule has 5 nitrogen and oxygen atoms in total. The van der Waals surface area contributed by atoms with Gasteiger partial charge in [-0.05, 0) is 19.1 Å². The Morgan fingerprint density at radius 2 is 1.89 bits per heavy atom. The fourth-order valence-electron chi connectivity index (χ4n) is 1.47. The van der Waals surface area contributed by atoms with E-state index in [4.69, 9.17) is 11.1 Å². The van der Waals surface area contributed by atoms with Crippen LogP contribution in [0.3, 0.4) is 0 Å². The van der Waals surface area contributed by atoms with Crippen molar-refractivity contribution in [1.82, 2.24) is 4.31 Å². The Kier molecular flexibility index (Phi) is 4.48. The van der Waals surface area contributed by atoms with Crippen LogP contribution < -0.4 is 5.73 Å². The smallest absolute Gasteiger partial charge is 0.242 e. The van der Waals surface area contributed by atoms with E-state index in [-0.39, 0.29) is 23.2 Å². The monoisotopic (exact) mass is 269 g/mol. The molecule has 0 bridgehead atoms. The molecule has 3 N–H and O–H groups in total. The number of benzene rings is 1. The fourth-order valence-corrected chi connectivity index (χ4v) is 2.73. The van der Waals surface area contributed by atoms with Gasteiger partial charge in [0.15, 0.2) is 0 Å². The fraction of sp³-hybridized carbons (Fsp3) is 0.417. The standard InChI is InChI=1S/C12H19N3O2S/c1-9-4-6-11(7-5-9)18(16,17)15(3)8-10(2)12(13)14/h4-7,10H,8H2,1-3H3,(H3,13,14). The van der Waals surface area contributed by atoms with E-state index in [0.717, 1.165) is 5.56 Å². The second kappa shape index (κ2) is 5.49. The van der Waals surface area contributed by atoms with Crippen molar-refractivity contribution in [3.8, 4) is 0 Å². The lowest BCUT2D eigenvalue weighted by Gasteiger charge is -2.20. The summed E-state index contributed by atoms with van der Waals surface area (Å²) in [5, 5.41) is 7.29. The topological polar surface area (TPSA) is 87.2 Å². The summed E-state index contributed by atoms with van der Waals surface area (Å²) in [7, 11) is -2.01. The van der Waals surface area contributed by atoms with E-state index in [9.17, 15) is 8.42 Å². The molecule has 1 unspecified atom stereocenters. The summed E-state index contributed by atoms with van der Waals surface area (Å²) < 4.78 is 25.7. The van der Waals surface area contributed by atoms with E-state index in [1.54, 1.807) is 31.2 Å². The molecule has 0 saturated heterocycles. The number of sulfonamides is 1. The van der Waals surface area contributed by atoms with E-state index in [1.165, 1.54) is 11.4 Å². The van der Waals surface area contributed by atoms with Gasteiger partial charge in [0.25, 0.3) is 0 Å². The summed E-state index contributed by atoms with van der Waals surface area (Å²) in [6.07, 6.45) is 0. The number of amidine groups is 1. The highest BCUT2D eigenvalue weighted by Crippen LogP contribution is 2.16. The minimum atomic E-state index is -3.50. The van der Waals surface area contributed by atoms with Gasteiger partial charge in [0.1, 0.15) is 0 Å². The molecule has 0 amide bonds. The Balaban J connectivity index is 2.93. The Morgan fingerprint density at radius 3 is 2.33 bits per heavy atom. The summed E-state index contributed by atoms with van der Waals surface area (Å²) in [6, 6.07) is 6.68. The van der Waals surface area contributed by atoms with Crippen LogP contribution in [0.25, 0.3) is 0 Å². The lowest BCUT2D eigenvalue weighted by atomic mass is 10.2. The van der Waals surface area contributed by atoms with E-state index in [2.05, 4.69) is 0 Å². The third kappa shape index (κ3) is 3.30. The first-order valence-corrected chi connectivity index (χ1v) is 7.06. The van der Waals surface area contributed by atoms with E-state index >= 15 is 0 Å². The first kappa shape index (κ1) is 14.7. The number of nitrogens with one attached hydrogen (secondary N) is 1. The molecule has 0 spiro atoms. The molecule has 0 heterocycles. The zero-order valence-electron chi connectivity index (χ0n) is 10.8. The van der Waals surface area contributed by atoms with Gasteiger partial charge in [-0.15, -0.1) is 0 Å². The van der Waals surface area contributed by atoms with Gasteiger partial charge in [-0.25, -0.2) is 12.7 Å². The first-order valence-electron chi connectivity index (χ1n) is 5.62. The third-order valence-corrected chi connectivity index (χ3v) is 4.63. The van der Waals surface area contributed by atoms with Crippen LogP contribution in [0, 0.1) is 18.3 Å². The number of nitrogens with zero attached hydrogens (tertiary/aromatic N) is 1. The van der Waals surface area contributed by atoms with Crippen LogP contribution in [-0.2, 0) is 10.0 Å². The van der Waals surface area contributed by atoms with Crippen LogP contribution in [0.15, 0.2) is 29.2 Å². The van der Waals surface area contributed by atoms with Gasteiger partial charge >= 0.3 is 0 Å². The van der Waals surface area contributed by atoms with Crippen molar-refractivity contribution in [3.63, 3.8) is 0 Å². The number of rotatable bonds is 5. The summed E-state index contributed by atoms with van der Waals surface area (Å²) in [4.78, 5) is 0.256. The van der Waals surface area contributed by atoms with Crippen LogP contribution in [-0.4, -0.2) is 32.2 Å².